The van der Waals surface area contributed by atoms with Gasteiger partial charge < -0.3 is 9.53 Å². The van der Waals surface area contributed by atoms with Crippen molar-refractivity contribution >= 4 is 17.9 Å². The number of hydrogen-bond donors (Lipinski definition) is 0. The maximum absolute atomic E-state index is 10.6. The lowest BCUT2D eigenvalue weighted by Crippen LogP contribution is -1.96. The fourth-order valence-corrected chi connectivity index (χ4v) is 2.31. The third-order valence-electron chi connectivity index (χ3n) is 3.38. The van der Waals surface area contributed by atoms with Gasteiger partial charge in [0.05, 0.1) is 11.6 Å². The normalized spacial score (nSPS) is 10.0. The van der Waals surface area contributed by atoms with Crippen LogP contribution in [0, 0.1) is 25.2 Å². The number of ether oxygens (including phenoxy) is 1. The third-order valence-corrected chi connectivity index (χ3v) is 3.60. The summed E-state index contributed by atoms with van der Waals surface area (Å²) < 4.78 is 5.82. The number of hydrogen-bond acceptors (Lipinski definition) is 3. The molecular formula is C17H14ClNO2. The first kappa shape index (κ1) is 15.1. The van der Waals surface area contributed by atoms with Crippen LogP contribution in [0.5, 0.6) is 11.5 Å². The Balaban J connectivity index is 2.36. The van der Waals surface area contributed by atoms with Gasteiger partial charge in [-0.1, -0.05) is 17.7 Å². The molecule has 0 N–H and O–H groups in total. The molecule has 0 fully saturated rings. The summed E-state index contributed by atoms with van der Waals surface area (Å²) in [5, 5.41) is 9.40. The lowest BCUT2D eigenvalue weighted by atomic mass is 10.0. The molecule has 0 aromatic heterocycles. The fourth-order valence-electron chi connectivity index (χ4n) is 2.09. The summed E-state index contributed by atoms with van der Waals surface area (Å²) in [5.74, 6) is 1.21. The number of rotatable bonds is 4. The predicted octanol–water partition coefficient (Wildman–Crippen LogP) is 4.36. The highest BCUT2D eigenvalue weighted by atomic mass is 35.5. The average Bonchev–Trinajstić information content (AvgIpc) is 2.46. The van der Waals surface area contributed by atoms with Crippen molar-refractivity contribution in [2.45, 2.75) is 20.3 Å². The van der Waals surface area contributed by atoms with Crippen molar-refractivity contribution < 1.29 is 9.53 Å². The summed E-state index contributed by atoms with van der Waals surface area (Å²) in [7, 11) is 0. The van der Waals surface area contributed by atoms with Crippen LogP contribution in [0.3, 0.4) is 0 Å². The van der Waals surface area contributed by atoms with E-state index in [9.17, 15) is 4.79 Å². The van der Waals surface area contributed by atoms with Crippen molar-refractivity contribution in [1.29, 1.82) is 5.26 Å². The number of aldehydes is 1. The lowest BCUT2D eigenvalue weighted by molar-refractivity contribution is -0.107. The van der Waals surface area contributed by atoms with Crippen molar-refractivity contribution in [2.75, 3.05) is 0 Å². The summed E-state index contributed by atoms with van der Waals surface area (Å²) in [6, 6.07) is 10.6. The molecule has 21 heavy (non-hydrogen) atoms. The van der Waals surface area contributed by atoms with Gasteiger partial charge in [0.25, 0.3) is 0 Å². The summed E-state index contributed by atoms with van der Waals surface area (Å²) in [5.41, 5.74) is 3.43. The Morgan fingerprint density at radius 1 is 1.24 bits per heavy atom. The topological polar surface area (TPSA) is 50.1 Å². The smallest absolute Gasteiger partial charge is 0.130 e. The van der Waals surface area contributed by atoms with Gasteiger partial charge in [-0.25, -0.2) is 0 Å². The molecule has 0 bridgehead atoms. The van der Waals surface area contributed by atoms with Gasteiger partial charge in [-0.2, -0.15) is 5.26 Å². The molecule has 4 heteroatoms. The van der Waals surface area contributed by atoms with Crippen LogP contribution < -0.4 is 4.74 Å². The predicted molar refractivity (Wildman–Crippen MR) is 81.9 cm³/mol. The van der Waals surface area contributed by atoms with E-state index in [0.717, 1.165) is 23.0 Å². The molecule has 2 aromatic carbocycles. The maximum atomic E-state index is 10.6. The molecule has 0 atom stereocenters. The molecule has 0 radical (unpaired) electrons. The van der Waals surface area contributed by atoms with Crippen molar-refractivity contribution in [1.82, 2.24) is 0 Å². The van der Waals surface area contributed by atoms with E-state index >= 15 is 0 Å². The summed E-state index contributed by atoms with van der Waals surface area (Å²) in [4.78, 5) is 10.6. The Morgan fingerprint density at radius 3 is 2.67 bits per heavy atom. The third kappa shape index (κ3) is 3.42. The largest absolute Gasteiger partial charge is 0.457 e. The molecule has 3 nitrogen and oxygen atoms in total. The van der Waals surface area contributed by atoms with E-state index in [1.54, 1.807) is 18.2 Å². The molecule has 0 spiro atoms. The van der Waals surface area contributed by atoms with E-state index in [1.807, 2.05) is 32.0 Å². The minimum atomic E-state index is 0.392. The number of nitriles is 1. The molecule has 0 aliphatic rings. The van der Waals surface area contributed by atoms with Crippen LogP contribution in [0.1, 0.15) is 22.3 Å². The van der Waals surface area contributed by atoms with Gasteiger partial charge in [-0.15, -0.1) is 0 Å². The van der Waals surface area contributed by atoms with Crippen LogP contribution in [0.2, 0.25) is 5.02 Å². The Morgan fingerprint density at radius 2 is 2.00 bits per heavy atom. The van der Waals surface area contributed by atoms with E-state index in [4.69, 9.17) is 21.6 Å². The quantitative estimate of drug-likeness (QED) is 0.788. The molecule has 106 valence electrons. The van der Waals surface area contributed by atoms with Crippen LogP contribution in [0.4, 0.5) is 0 Å². The molecule has 0 saturated carbocycles. The molecule has 0 heterocycles. The molecule has 0 aliphatic carbocycles. The minimum absolute atomic E-state index is 0.392. The molecule has 0 saturated heterocycles. The average molecular weight is 300 g/mol. The Labute approximate surface area is 128 Å². The zero-order valence-electron chi connectivity index (χ0n) is 11.8. The monoisotopic (exact) mass is 299 g/mol. The number of carbonyl (C=O) groups is 1. The minimum Gasteiger partial charge on any atom is -0.457 e. The molecule has 0 aliphatic heterocycles. The van der Waals surface area contributed by atoms with Gasteiger partial charge in [0.1, 0.15) is 17.8 Å². The van der Waals surface area contributed by atoms with Crippen molar-refractivity contribution in [3.8, 4) is 17.6 Å². The van der Waals surface area contributed by atoms with Crippen LogP contribution in [0.15, 0.2) is 30.3 Å². The van der Waals surface area contributed by atoms with Gasteiger partial charge in [-0.05, 0) is 54.8 Å². The standard InChI is InChI=1S/C17H14ClNO2/c1-11-12(2)17(4-3-14(11)5-6-20)21-16-8-13(10-19)7-15(18)9-16/h3-4,6-9H,5H2,1-2H3. The van der Waals surface area contributed by atoms with Crippen molar-refractivity contribution in [2.24, 2.45) is 0 Å². The lowest BCUT2D eigenvalue weighted by Gasteiger charge is -2.13. The zero-order valence-corrected chi connectivity index (χ0v) is 12.6. The second kappa shape index (κ2) is 6.43. The zero-order chi connectivity index (χ0) is 15.4. The summed E-state index contributed by atoms with van der Waals surface area (Å²) in [6.45, 7) is 3.90. The Bertz CT molecular complexity index is 732. The first-order valence-electron chi connectivity index (χ1n) is 6.46. The van der Waals surface area contributed by atoms with Gasteiger partial charge in [0.2, 0.25) is 0 Å². The fraction of sp³-hybridized carbons (Fsp3) is 0.176. The Hall–Kier alpha value is -2.31. The highest BCUT2D eigenvalue weighted by Gasteiger charge is 2.09. The molecule has 2 rings (SSSR count). The van der Waals surface area contributed by atoms with Crippen molar-refractivity contribution in [3.63, 3.8) is 0 Å². The summed E-state index contributed by atoms with van der Waals surface area (Å²) in [6.07, 6.45) is 1.28. The van der Waals surface area contributed by atoms with Gasteiger partial charge in [-0.3, -0.25) is 0 Å². The molecule has 2 aromatic rings. The van der Waals surface area contributed by atoms with Crippen LogP contribution in [-0.2, 0) is 11.2 Å². The highest BCUT2D eigenvalue weighted by Crippen LogP contribution is 2.31. The van der Waals surface area contributed by atoms with Gasteiger partial charge in [0, 0.05) is 11.4 Å². The van der Waals surface area contributed by atoms with E-state index in [-0.39, 0.29) is 0 Å². The molecule has 0 unspecified atom stereocenters. The van der Waals surface area contributed by atoms with Crippen LogP contribution in [0.25, 0.3) is 0 Å². The maximum Gasteiger partial charge on any atom is 0.130 e. The highest BCUT2D eigenvalue weighted by molar-refractivity contribution is 6.30. The molecule has 0 amide bonds. The SMILES string of the molecule is Cc1c(CC=O)ccc(Oc2cc(Cl)cc(C#N)c2)c1C. The number of benzene rings is 2. The van der Waals surface area contributed by atoms with Crippen LogP contribution in [-0.4, -0.2) is 6.29 Å². The second-order valence-electron chi connectivity index (χ2n) is 4.73. The summed E-state index contributed by atoms with van der Waals surface area (Å²) >= 11 is 5.96. The van der Waals surface area contributed by atoms with E-state index < -0.39 is 0 Å². The first-order chi connectivity index (χ1) is 10.0. The second-order valence-corrected chi connectivity index (χ2v) is 5.17. The first-order valence-corrected chi connectivity index (χ1v) is 6.84. The van der Waals surface area contributed by atoms with Crippen molar-refractivity contribution in [3.05, 3.63) is 57.6 Å². The number of nitrogens with zero attached hydrogens (tertiary/aromatic N) is 1. The van der Waals surface area contributed by atoms with Crippen LogP contribution >= 0.6 is 11.6 Å². The number of carbonyl (C=O) groups excluding carboxylic acids is 1. The van der Waals surface area contributed by atoms with Gasteiger partial charge in [0.15, 0.2) is 0 Å². The van der Waals surface area contributed by atoms with Gasteiger partial charge >= 0.3 is 0 Å². The van der Waals surface area contributed by atoms with E-state index in [0.29, 0.717) is 28.5 Å². The Kier molecular flexibility index (Phi) is 4.62. The number of halogens is 1. The van der Waals surface area contributed by atoms with E-state index in [1.165, 1.54) is 0 Å². The molecular weight excluding hydrogens is 286 g/mol. The van der Waals surface area contributed by atoms with E-state index in [2.05, 4.69) is 0 Å².